The molecule has 2 rings (SSSR count). The molecule has 0 heterocycles. The van der Waals surface area contributed by atoms with Crippen LogP contribution in [0.3, 0.4) is 0 Å². The number of rotatable bonds is 6. The standard InChI is InChI=1S/C24H34O5/c1-21(2,25)15-10-9-11-17(12-15)29-20-18(23(5,6)27)13-16(22(3,4)26)14-19(20)24(7,8)28/h9-14,25-28H,1-8H3. The monoisotopic (exact) mass is 402 g/mol. The van der Waals surface area contributed by atoms with Crippen LogP contribution in [0.4, 0.5) is 0 Å². The summed E-state index contributed by atoms with van der Waals surface area (Å²) in [6.07, 6.45) is 0. The number of benzene rings is 2. The summed E-state index contributed by atoms with van der Waals surface area (Å²) in [7, 11) is 0. The Morgan fingerprint density at radius 2 is 1.03 bits per heavy atom. The number of hydrogen-bond acceptors (Lipinski definition) is 5. The van der Waals surface area contributed by atoms with Gasteiger partial charge in [-0.15, -0.1) is 0 Å². The van der Waals surface area contributed by atoms with Crippen LogP contribution in [0.25, 0.3) is 0 Å². The molecule has 0 unspecified atom stereocenters. The van der Waals surface area contributed by atoms with Crippen LogP contribution in [0.5, 0.6) is 11.5 Å². The number of aliphatic hydroxyl groups is 4. The smallest absolute Gasteiger partial charge is 0.139 e. The van der Waals surface area contributed by atoms with Crippen LogP contribution in [0.1, 0.15) is 77.6 Å². The summed E-state index contributed by atoms with van der Waals surface area (Å²) in [5.74, 6) is 0.794. The lowest BCUT2D eigenvalue weighted by molar-refractivity contribution is 0.0614. The van der Waals surface area contributed by atoms with Gasteiger partial charge in [0.25, 0.3) is 0 Å². The molecule has 5 heteroatoms. The second-order valence-corrected chi connectivity index (χ2v) is 9.77. The molecule has 0 radical (unpaired) electrons. The van der Waals surface area contributed by atoms with Gasteiger partial charge < -0.3 is 25.2 Å². The molecule has 0 aliphatic rings. The van der Waals surface area contributed by atoms with Crippen molar-refractivity contribution in [2.24, 2.45) is 0 Å². The van der Waals surface area contributed by atoms with Gasteiger partial charge in [0.05, 0.1) is 22.4 Å². The van der Waals surface area contributed by atoms with Crippen LogP contribution >= 0.6 is 0 Å². The van der Waals surface area contributed by atoms with E-state index in [9.17, 15) is 20.4 Å². The molecule has 2 aromatic carbocycles. The highest BCUT2D eigenvalue weighted by Gasteiger charge is 2.33. The highest BCUT2D eigenvalue weighted by atomic mass is 16.5. The largest absolute Gasteiger partial charge is 0.457 e. The van der Waals surface area contributed by atoms with E-state index in [1.54, 1.807) is 91.8 Å². The fourth-order valence-electron chi connectivity index (χ4n) is 3.06. The van der Waals surface area contributed by atoms with Crippen LogP contribution in [-0.2, 0) is 22.4 Å². The van der Waals surface area contributed by atoms with Gasteiger partial charge in [-0.3, -0.25) is 0 Å². The number of ether oxygens (including phenoxy) is 1. The fraction of sp³-hybridized carbons (Fsp3) is 0.500. The molecule has 0 saturated carbocycles. The molecule has 29 heavy (non-hydrogen) atoms. The predicted molar refractivity (Wildman–Crippen MR) is 114 cm³/mol. The van der Waals surface area contributed by atoms with Crippen LogP contribution < -0.4 is 4.74 Å². The van der Waals surface area contributed by atoms with Crippen molar-refractivity contribution in [3.63, 3.8) is 0 Å². The van der Waals surface area contributed by atoms with E-state index >= 15 is 0 Å². The topological polar surface area (TPSA) is 90.2 Å². The van der Waals surface area contributed by atoms with E-state index in [4.69, 9.17) is 4.74 Å². The van der Waals surface area contributed by atoms with Gasteiger partial charge in [0.1, 0.15) is 11.5 Å². The Kier molecular flexibility index (Phi) is 5.96. The first-order valence-corrected chi connectivity index (χ1v) is 9.78. The average molecular weight is 403 g/mol. The number of hydrogen-bond donors (Lipinski definition) is 4. The van der Waals surface area contributed by atoms with E-state index in [2.05, 4.69) is 0 Å². The Labute approximate surface area is 173 Å². The van der Waals surface area contributed by atoms with Crippen molar-refractivity contribution in [3.05, 3.63) is 58.7 Å². The summed E-state index contributed by atoms with van der Waals surface area (Å²) in [5.41, 5.74) is -2.65. The van der Waals surface area contributed by atoms with Crippen molar-refractivity contribution in [2.75, 3.05) is 0 Å². The molecule has 0 fully saturated rings. The summed E-state index contributed by atoms with van der Waals surface area (Å²) in [4.78, 5) is 0. The van der Waals surface area contributed by atoms with Gasteiger partial charge in [-0.2, -0.15) is 0 Å². The maximum absolute atomic E-state index is 10.8. The average Bonchev–Trinajstić information content (AvgIpc) is 2.51. The lowest BCUT2D eigenvalue weighted by atomic mass is 9.84. The molecule has 0 aliphatic carbocycles. The molecule has 2 aromatic rings. The Balaban J connectivity index is 2.76. The van der Waals surface area contributed by atoms with Gasteiger partial charge in [-0.25, -0.2) is 0 Å². The molecule has 0 aliphatic heterocycles. The van der Waals surface area contributed by atoms with Crippen LogP contribution in [-0.4, -0.2) is 20.4 Å². The Hall–Kier alpha value is -1.92. The highest BCUT2D eigenvalue weighted by Crippen LogP contribution is 2.43. The molecule has 4 N–H and O–H groups in total. The minimum Gasteiger partial charge on any atom is -0.457 e. The molecule has 0 amide bonds. The zero-order valence-electron chi connectivity index (χ0n) is 18.7. The second kappa shape index (κ2) is 7.40. The zero-order valence-corrected chi connectivity index (χ0v) is 18.7. The lowest BCUT2D eigenvalue weighted by Gasteiger charge is -2.31. The van der Waals surface area contributed by atoms with Crippen molar-refractivity contribution in [2.45, 2.75) is 77.8 Å². The van der Waals surface area contributed by atoms with Crippen molar-refractivity contribution < 1.29 is 25.2 Å². The van der Waals surface area contributed by atoms with Gasteiger partial charge in [0.2, 0.25) is 0 Å². The van der Waals surface area contributed by atoms with Crippen LogP contribution in [0.15, 0.2) is 36.4 Å². The Bertz CT molecular complexity index is 837. The molecule has 5 nitrogen and oxygen atoms in total. The first-order valence-electron chi connectivity index (χ1n) is 9.78. The third-order valence-electron chi connectivity index (χ3n) is 4.87. The quantitative estimate of drug-likeness (QED) is 0.575. The van der Waals surface area contributed by atoms with E-state index in [1.165, 1.54) is 0 Å². The molecule has 0 aromatic heterocycles. The second-order valence-electron chi connectivity index (χ2n) is 9.77. The van der Waals surface area contributed by atoms with E-state index in [1.807, 2.05) is 0 Å². The maximum Gasteiger partial charge on any atom is 0.139 e. The normalized spacial score (nSPS) is 13.5. The van der Waals surface area contributed by atoms with Crippen LogP contribution in [0.2, 0.25) is 0 Å². The van der Waals surface area contributed by atoms with Gasteiger partial charge >= 0.3 is 0 Å². The summed E-state index contributed by atoms with van der Waals surface area (Å²) in [6.45, 7) is 13.2. The van der Waals surface area contributed by atoms with E-state index in [-0.39, 0.29) is 0 Å². The van der Waals surface area contributed by atoms with E-state index in [0.717, 1.165) is 0 Å². The maximum atomic E-state index is 10.8. The van der Waals surface area contributed by atoms with Gasteiger partial charge in [-0.05, 0) is 90.8 Å². The van der Waals surface area contributed by atoms with Crippen molar-refractivity contribution in [3.8, 4) is 11.5 Å². The summed E-state index contributed by atoms with van der Waals surface area (Å²) in [5, 5.41) is 42.5. The summed E-state index contributed by atoms with van der Waals surface area (Å²) < 4.78 is 6.18. The molecule has 0 atom stereocenters. The van der Waals surface area contributed by atoms with Crippen molar-refractivity contribution >= 4 is 0 Å². The molecular formula is C24H34O5. The first-order chi connectivity index (χ1) is 12.9. The SMILES string of the molecule is CC(C)(O)c1cccc(Oc2c(C(C)(C)O)cc(C(C)(C)O)cc2C(C)(C)O)c1. The fourth-order valence-corrected chi connectivity index (χ4v) is 3.06. The lowest BCUT2D eigenvalue weighted by Crippen LogP contribution is -2.25. The molecule has 0 bridgehead atoms. The van der Waals surface area contributed by atoms with Crippen LogP contribution in [0, 0.1) is 0 Å². The Morgan fingerprint density at radius 3 is 1.41 bits per heavy atom. The third-order valence-corrected chi connectivity index (χ3v) is 4.87. The van der Waals surface area contributed by atoms with E-state index in [0.29, 0.717) is 33.8 Å². The first kappa shape index (κ1) is 23.4. The van der Waals surface area contributed by atoms with Gasteiger partial charge in [0, 0.05) is 11.1 Å². The third kappa shape index (κ3) is 5.58. The molecule has 0 saturated heterocycles. The Morgan fingerprint density at radius 1 is 0.586 bits per heavy atom. The predicted octanol–water partition coefficient (Wildman–Crippen LogP) is 4.39. The minimum atomic E-state index is -1.29. The molecule has 0 spiro atoms. The zero-order chi connectivity index (χ0) is 22.4. The van der Waals surface area contributed by atoms with Gasteiger partial charge in [-0.1, -0.05) is 12.1 Å². The molecule has 160 valence electrons. The van der Waals surface area contributed by atoms with Gasteiger partial charge in [0.15, 0.2) is 0 Å². The highest BCUT2D eigenvalue weighted by molar-refractivity contribution is 5.52. The summed E-state index contributed by atoms with van der Waals surface area (Å²) >= 11 is 0. The van der Waals surface area contributed by atoms with Crippen molar-refractivity contribution in [1.29, 1.82) is 0 Å². The minimum absolute atomic E-state index is 0.325. The summed E-state index contributed by atoms with van der Waals surface area (Å²) in [6, 6.07) is 10.5. The van der Waals surface area contributed by atoms with Crippen molar-refractivity contribution in [1.82, 2.24) is 0 Å². The van der Waals surface area contributed by atoms with E-state index < -0.39 is 22.4 Å². The molecular weight excluding hydrogens is 368 g/mol.